The van der Waals surface area contributed by atoms with Crippen LogP contribution in [0.1, 0.15) is 36.1 Å². The average Bonchev–Trinajstić information content (AvgIpc) is 3.26. The van der Waals surface area contributed by atoms with Crippen molar-refractivity contribution in [1.29, 1.82) is 0 Å². The topological polar surface area (TPSA) is 83.1 Å². The largest absolute Gasteiger partial charge is 0.339 e. The van der Waals surface area contributed by atoms with Crippen molar-refractivity contribution in [1.82, 2.24) is 15.0 Å². The zero-order valence-corrected chi connectivity index (χ0v) is 19.3. The lowest BCUT2D eigenvalue weighted by Gasteiger charge is -2.20. The summed E-state index contributed by atoms with van der Waals surface area (Å²) in [4.78, 5) is 31.7. The number of rotatable bonds is 8. The maximum Gasteiger partial charge on any atom is 0.270 e. The van der Waals surface area contributed by atoms with Gasteiger partial charge in [0.2, 0.25) is 5.91 Å². The van der Waals surface area contributed by atoms with Crippen LogP contribution >= 0.6 is 23.3 Å². The molecule has 0 fully saturated rings. The minimum Gasteiger partial charge on any atom is -0.339 e. The number of pyridine rings is 1. The molecule has 2 aromatic heterocycles. The number of carbonyl (C=O) groups is 2. The molecule has 0 spiro atoms. The van der Waals surface area contributed by atoms with E-state index in [4.69, 9.17) is 0 Å². The number of hydrogen-bond donors (Lipinski definition) is 3. The maximum absolute atomic E-state index is 13.0. The van der Waals surface area contributed by atoms with Gasteiger partial charge < -0.3 is 10.6 Å². The summed E-state index contributed by atoms with van der Waals surface area (Å²) in [6.45, 7) is 6.30. The molecule has 0 radical (unpaired) electrons. The predicted octanol–water partition coefficient (Wildman–Crippen LogP) is 4.52. The fourth-order valence-electron chi connectivity index (χ4n) is 2.62. The summed E-state index contributed by atoms with van der Waals surface area (Å²) >= 11 is 3.10. The van der Waals surface area contributed by atoms with Gasteiger partial charge in [-0.2, -0.15) is 0 Å². The summed E-state index contributed by atoms with van der Waals surface area (Å²) in [6.07, 6.45) is 1.96. The molecule has 0 saturated carbocycles. The molecular weight excluding hydrogens is 428 g/mol. The predicted molar refractivity (Wildman–Crippen MR) is 127 cm³/mol. The van der Waals surface area contributed by atoms with Crippen LogP contribution in [0.4, 0.5) is 5.69 Å². The molecule has 0 saturated heterocycles. The van der Waals surface area contributed by atoms with Gasteiger partial charge in [0.05, 0.1) is 0 Å². The molecule has 6 nitrogen and oxygen atoms in total. The molecule has 8 heteroatoms. The van der Waals surface area contributed by atoms with E-state index in [0.29, 0.717) is 12.1 Å². The fraction of sp³-hybridized carbons (Fsp3) is 0.261. The van der Waals surface area contributed by atoms with Gasteiger partial charge in [-0.1, -0.05) is 12.1 Å². The van der Waals surface area contributed by atoms with E-state index in [2.05, 4.69) is 41.1 Å². The number of nitrogens with one attached hydrogen (secondary N) is 3. The van der Waals surface area contributed by atoms with Crippen molar-refractivity contribution < 1.29 is 9.59 Å². The number of aromatic nitrogens is 1. The third-order valence-electron chi connectivity index (χ3n) is 4.10. The first-order valence-electron chi connectivity index (χ1n) is 9.89. The second-order valence-corrected chi connectivity index (χ2v) is 9.90. The fourth-order valence-corrected chi connectivity index (χ4v) is 4.06. The molecule has 0 bridgehead atoms. The molecule has 0 aliphatic rings. The van der Waals surface area contributed by atoms with Gasteiger partial charge in [-0.3, -0.25) is 19.3 Å². The summed E-state index contributed by atoms with van der Waals surface area (Å²) < 4.78 is 3.36. The number of amides is 2. The Kier molecular flexibility index (Phi) is 7.84. The van der Waals surface area contributed by atoms with Gasteiger partial charge in [0.25, 0.3) is 5.91 Å². The number of benzene rings is 1. The third kappa shape index (κ3) is 7.50. The van der Waals surface area contributed by atoms with Crippen LogP contribution in [0.25, 0.3) is 0 Å². The van der Waals surface area contributed by atoms with Crippen LogP contribution in [-0.2, 0) is 11.2 Å². The van der Waals surface area contributed by atoms with Crippen molar-refractivity contribution in [2.45, 2.75) is 43.7 Å². The molecule has 3 N–H and O–H groups in total. The third-order valence-corrected chi connectivity index (χ3v) is 6.22. The van der Waals surface area contributed by atoms with Gasteiger partial charge in [-0.15, -0.1) is 11.3 Å². The van der Waals surface area contributed by atoms with Gasteiger partial charge in [-0.05, 0) is 80.6 Å². The first-order chi connectivity index (χ1) is 14.8. The van der Waals surface area contributed by atoms with Crippen LogP contribution in [0.15, 0.2) is 71.1 Å². The molecule has 2 heterocycles. The highest BCUT2D eigenvalue weighted by molar-refractivity contribution is 7.97. The van der Waals surface area contributed by atoms with Crippen LogP contribution < -0.4 is 15.4 Å². The van der Waals surface area contributed by atoms with Gasteiger partial charge in [0.15, 0.2) is 0 Å². The van der Waals surface area contributed by atoms with E-state index < -0.39 is 6.04 Å². The minimum atomic E-state index is -0.718. The normalized spacial score (nSPS) is 12.2. The van der Waals surface area contributed by atoms with Crippen molar-refractivity contribution >= 4 is 40.8 Å². The summed E-state index contributed by atoms with van der Waals surface area (Å²) in [7, 11) is 0. The molecule has 31 heavy (non-hydrogen) atoms. The van der Waals surface area contributed by atoms with Crippen LogP contribution in [0.5, 0.6) is 0 Å². The Bertz CT molecular complexity index is 985. The molecule has 162 valence electrons. The number of hydrogen-bond acceptors (Lipinski definition) is 6. The zero-order valence-electron chi connectivity index (χ0n) is 17.7. The summed E-state index contributed by atoms with van der Waals surface area (Å²) in [5, 5.41) is 7.68. The summed E-state index contributed by atoms with van der Waals surface area (Å²) in [5.41, 5.74) is 0.950. The van der Waals surface area contributed by atoms with E-state index in [1.54, 1.807) is 47.7 Å². The first-order valence-corrected chi connectivity index (χ1v) is 11.6. The van der Waals surface area contributed by atoms with Crippen LogP contribution in [0.3, 0.4) is 0 Å². The van der Waals surface area contributed by atoms with Crippen LogP contribution in [-0.4, -0.2) is 28.4 Å². The van der Waals surface area contributed by atoms with E-state index in [9.17, 15) is 9.59 Å². The monoisotopic (exact) mass is 454 g/mol. The van der Waals surface area contributed by atoms with E-state index in [1.807, 2.05) is 41.8 Å². The second kappa shape index (κ2) is 10.6. The molecule has 1 atom stereocenters. The van der Waals surface area contributed by atoms with E-state index in [1.165, 1.54) is 0 Å². The van der Waals surface area contributed by atoms with Gasteiger partial charge in [0, 0.05) is 33.6 Å². The Balaban J connectivity index is 1.67. The Labute approximate surface area is 191 Å². The van der Waals surface area contributed by atoms with Crippen LogP contribution in [0, 0.1) is 0 Å². The number of carbonyl (C=O) groups excluding carboxylic acids is 2. The molecular formula is C23H26N4O2S2. The van der Waals surface area contributed by atoms with Crippen LogP contribution in [0.2, 0.25) is 0 Å². The Hall–Kier alpha value is -2.68. The van der Waals surface area contributed by atoms with E-state index >= 15 is 0 Å². The highest BCUT2D eigenvalue weighted by Gasteiger charge is 2.23. The molecule has 3 rings (SSSR count). The highest BCUT2D eigenvalue weighted by Crippen LogP contribution is 2.21. The first kappa shape index (κ1) is 23.0. The molecule has 1 unspecified atom stereocenters. The summed E-state index contributed by atoms with van der Waals surface area (Å²) in [5.74, 6) is -0.650. The summed E-state index contributed by atoms with van der Waals surface area (Å²) in [6, 6.07) is 15.9. The van der Waals surface area contributed by atoms with Crippen molar-refractivity contribution in [3.05, 3.63) is 76.7 Å². The maximum atomic E-state index is 13.0. The Morgan fingerprint density at radius 1 is 1.06 bits per heavy atom. The van der Waals surface area contributed by atoms with Gasteiger partial charge >= 0.3 is 0 Å². The molecule has 3 aromatic rings. The van der Waals surface area contributed by atoms with Crippen molar-refractivity contribution in [3.8, 4) is 0 Å². The number of nitrogens with zero attached hydrogens (tertiary/aromatic N) is 1. The lowest BCUT2D eigenvalue weighted by Crippen LogP contribution is -2.45. The zero-order chi connectivity index (χ0) is 22.3. The molecule has 0 aliphatic heterocycles. The highest BCUT2D eigenvalue weighted by atomic mass is 32.2. The number of anilines is 1. The average molecular weight is 455 g/mol. The minimum absolute atomic E-state index is 0.00160. The van der Waals surface area contributed by atoms with E-state index in [-0.39, 0.29) is 23.0 Å². The molecule has 0 aliphatic carbocycles. The standard InChI is InChI=1S/C23H26N4O2S2/c1-23(2,3)27-31-17-11-9-16(10-12-17)25-22(29)20(15-18-7-6-14-30-18)26-21(28)19-8-4-5-13-24-19/h4-14,20,27H,15H2,1-3H3,(H,25,29)(H,26,28). The Morgan fingerprint density at radius 2 is 1.84 bits per heavy atom. The quantitative estimate of drug-likeness (QED) is 0.436. The lowest BCUT2D eigenvalue weighted by molar-refractivity contribution is -0.117. The Morgan fingerprint density at radius 3 is 2.45 bits per heavy atom. The molecule has 1 aromatic carbocycles. The smallest absolute Gasteiger partial charge is 0.270 e. The van der Waals surface area contributed by atoms with Gasteiger partial charge in [-0.25, -0.2) is 0 Å². The molecule has 2 amide bonds. The second-order valence-electron chi connectivity index (χ2n) is 7.99. The lowest BCUT2D eigenvalue weighted by atomic mass is 10.1. The van der Waals surface area contributed by atoms with Crippen molar-refractivity contribution in [3.63, 3.8) is 0 Å². The van der Waals surface area contributed by atoms with Gasteiger partial charge in [0.1, 0.15) is 11.7 Å². The van der Waals surface area contributed by atoms with Crippen molar-refractivity contribution in [2.75, 3.05) is 5.32 Å². The SMILES string of the molecule is CC(C)(C)NSc1ccc(NC(=O)C(Cc2cccs2)NC(=O)c2ccccn2)cc1. The van der Waals surface area contributed by atoms with E-state index in [0.717, 1.165) is 9.77 Å². The van der Waals surface area contributed by atoms with Crippen molar-refractivity contribution in [2.24, 2.45) is 0 Å². The number of thiophene rings is 1.